The van der Waals surface area contributed by atoms with E-state index >= 15 is 0 Å². The van der Waals surface area contributed by atoms with Gasteiger partial charge in [-0.15, -0.1) is 0 Å². The molecular weight excluding hydrogens is 270 g/mol. The predicted molar refractivity (Wildman–Crippen MR) is 73.3 cm³/mol. The van der Waals surface area contributed by atoms with Crippen molar-refractivity contribution >= 4 is 33.1 Å². The molecule has 0 saturated carbocycles. The fourth-order valence-corrected chi connectivity index (χ4v) is 2.13. The van der Waals surface area contributed by atoms with Crippen molar-refractivity contribution in [2.75, 3.05) is 0 Å². The van der Waals surface area contributed by atoms with E-state index in [0.29, 0.717) is 4.99 Å². The zero-order chi connectivity index (χ0) is 11.6. The average molecular weight is 286 g/mol. The van der Waals surface area contributed by atoms with E-state index in [1.807, 2.05) is 0 Å². The molecule has 0 fully saturated rings. The van der Waals surface area contributed by atoms with E-state index in [2.05, 4.69) is 48.8 Å². The molecule has 0 saturated heterocycles. The number of halogens is 1. The minimum absolute atomic E-state index is 0.249. The van der Waals surface area contributed by atoms with Gasteiger partial charge in [0.15, 0.2) is 0 Å². The molecule has 15 heavy (non-hydrogen) atoms. The topological polar surface area (TPSA) is 26.0 Å². The minimum Gasteiger partial charge on any atom is -0.393 e. The molecule has 0 aliphatic rings. The van der Waals surface area contributed by atoms with Crippen LogP contribution in [0.3, 0.4) is 0 Å². The fraction of sp³-hybridized carbons (Fsp3) is 0.417. The van der Waals surface area contributed by atoms with Gasteiger partial charge in [-0.05, 0) is 43.0 Å². The molecule has 1 atom stereocenters. The van der Waals surface area contributed by atoms with Gasteiger partial charge < -0.3 is 5.73 Å². The van der Waals surface area contributed by atoms with Crippen LogP contribution in [0.5, 0.6) is 0 Å². The van der Waals surface area contributed by atoms with Gasteiger partial charge in [-0.2, -0.15) is 0 Å². The zero-order valence-electron chi connectivity index (χ0n) is 9.30. The standard InChI is InChI=1S/C12H16BrNS/c1-7-4-10(5-9(3)12(14)15)11(13)6-8(7)2/h4,6,9H,5H2,1-3H3,(H2,14,15). The van der Waals surface area contributed by atoms with Crippen molar-refractivity contribution in [3.05, 3.63) is 33.3 Å². The van der Waals surface area contributed by atoms with Gasteiger partial charge in [-0.3, -0.25) is 0 Å². The smallest absolute Gasteiger partial charge is 0.0759 e. The van der Waals surface area contributed by atoms with Crippen molar-refractivity contribution in [2.24, 2.45) is 11.7 Å². The highest BCUT2D eigenvalue weighted by Gasteiger charge is 2.10. The number of benzene rings is 1. The molecule has 0 aliphatic heterocycles. The number of hydrogen-bond donors (Lipinski definition) is 1. The Labute approximate surface area is 105 Å². The molecular formula is C12H16BrNS. The van der Waals surface area contributed by atoms with E-state index in [1.54, 1.807) is 0 Å². The lowest BCUT2D eigenvalue weighted by molar-refractivity contribution is 0.768. The molecule has 0 heterocycles. The summed E-state index contributed by atoms with van der Waals surface area (Å²) in [6.07, 6.45) is 0.900. The van der Waals surface area contributed by atoms with E-state index in [4.69, 9.17) is 18.0 Å². The van der Waals surface area contributed by atoms with Gasteiger partial charge >= 0.3 is 0 Å². The Hall–Kier alpha value is -0.410. The Bertz CT molecular complexity index is 387. The number of rotatable bonds is 3. The van der Waals surface area contributed by atoms with Gasteiger partial charge in [-0.1, -0.05) is 41.1 Å². The normalized spacial score (nSPS) is 12.5. The molecule has 1 nitrogen and oxygen atoms in total. The first-order valence-corrected chi connectivity index (χ1v) is 6.17. The Balaban J connectivity index is 2.95. The summed E-state index contributed by atoms with van der Waals surface area (Å²) in [5.74, 6) is 0.249. The molecule has 1 unspecified atom stereocenters. The fourth-order valence-electron chi connectivity index (χ4n) is 1.43. The van der Waals surface area contributed by atoms with Crippen molar-refractivity contribution in [3.63, 3.8) is 0 Å². The lowest BCUT2D eigenvalue weighted by atomic mass is 9.98. The maximum absolute atomic E-state index is 5.62. The number of thiocarbonyl (C=S) groups is 1. The van der Waals surface area contributed by atoms with Crippen LogP contribution in [0.2, 0.25) is 0 Å². The summed E-state index contributed by atoms with van der Waals surface area (Å²) in [5.41, 5.74) is 9.50. The average Bonchev–Trinajstić information content (AvgIpc) is 2.13. The Kier molecular flexibility index (Phi) is 4.29. The molecule has 0 spiro atoms. The highest BCUT2D eigenvalue weighted by molar-refractivity contribution is 9.10. The molecule has 1 aromatic carbocycles. The number of nitrogens with two attached hydrogens (primary N) is 1. The van der Waals surface area contributed by atoms with Crippen LogP contribution in [0.4, 0.5) is 0 Å². The van der Waals surface area contributed by atoms with Gasteiger partial charge in [0.25, 0.3) is 0 Å². The highest BCUT2D eigenvalue weighted by Crippen LogP contribution is 2.24. The Morgan fingerprint density at radius 1 is 1.40 bits per heavy atom. The quantitative estimate of drug-likeness (QED) is 0.860. The van der Waals surface area contributed by atoms with Gasteiger partial charge in [0, 0.05) is 10.4 Å². The van der Waals surface area contributed by atoms with Gasteiger partial charge in [0.1, 0.15) is 0 Å². The molecule has 0 aromatic heterocycles. The molecule has 2 N–H and O–H groups in total. The largest absolute Gasteiger partial charge is 0.393 e. The van der Waals surface area contributed by atoms with E-state index in [0.717, 1.165) is 10.9 Å². The molecule has 0 amide bonds. The van der Waals surface area contributed by atoms with Crippen LogP contribution in [0.25, 0.3) is 0 Å². The maximum atomic E-state index is 5.62. The summed E-state index contributed by atoms with van der Waals surface area (Å²) in [6, 6.07) is 4.35. The van der Waals surface area contributed by atoms with Crippen LogP contribution in [-0.4, -0.2) is 4.99 Å². The molecule has 82 valence electrons. The van der Waals surface area contributed by atoms with Crippen molar-refractivity contribution in [1.82, 2.24) is 0 Å². The van der Waals surface area contributed by atoms with Crippen LogP contribution in [0, 0.1) is 19.8 Å². The molecule has 0 radical (unpaired) electrons. The lowest BCUT2D eigenvalue weighted by Crippen LogP contribution is -2.20. The first-order valence-electron chi connectivity index (χ1n) is 4.96. The van der Waals surface area contributed by atoms with E-state index < -0.39 is 0 Å². The second-order valence-electron chi connectivity index (χ2n) is 4.04. The third-order valence-corrected chi connectivity index (χ3v) is 3.82. The van der Waals surface area contributed by atoms with Crippen LogP contribution >= 0.6 is 28.1 Å². The summed E-state index contributed by atoms with van der Waals surface area (Å²) >= 11 is 8.56. The SMILES string of the molecule is Cc1cc(Br)c(CC(C)C(N)=S)cc1C. The van der Waals surface area contributed by atoms with E-state index in [-0.39, 0.29) is 5.92 Å². The Morgan fingerprint density at radius 3 is 2.47 bits per heavy atom. The monoisotopic (exact) mass is 285 g/mol. The van der Waals surface area contributed by atoms with Crippen molar-refractivity contribution in [1.29, 1.82) is 0 Å². The first-order chi connectivity index (χ1) is 6.91. The summed E-state index contributed by atoms with van der Waals surface area (Å²) in [7, 11) is 0. The number of aryl methyl sites for hydroxylation is 2. The maximum Gasteiger partial charge on any atom is 0.0759 e. The highest BCUT2D eigenvalue weighted by atomic mass is 79.9. The van der Waals surface area contributed by atoms with Gasteiger partial charge in [-0.25, -0.2) is 0 Å². The second kappa shape index (κ2) is 5.08. The Morgan fingerprint density at radius 2 is 1.93 bits per heavy atom. The van der Waals surface area contributed by atoms with Crippen LogP contribution in [0.1, 0.15) is 23.6 Å². The van der Waals surface area contributed by atoms with Crippen LogP contribution < -0.4 is 5.73 Å². The summed E-state index contributed by atoms with van der Waals surface area (Å²) in [6.45, 7) is 6.29. The minimum atomic E-state index is 0.249. The molecule has 0 aliphatic carbocycles. The van der Waals surface area contributed by atoms with E-state index in [9.17, 15) is 0 Å². The molecule has 1 aromatic rings. The third-order valence-electron chi connectivity index (χ3n) is 2.67. The first kappa shape index (κ1) is 12.7. The van der Waals surface area contributed by atoms with Crippen LogP contribution in [0.15, 0.2) is 16.6 Å². The molecule has 0 bridgehead atoms. The van der Waals surface area contributed by atoms with Gasteiger partial charge in [0.05, 0.1) is 4.99 Å². The summed E-state index contributed by atoms with van der Waals surface area (Å²) in [5, 5.41) is 0. The summed E-state index contributed by atoms with van der Waals surface area (Å²) in [4.78, 5) is 0.583. The van der Waals surface area contributed by atoms with Crippen molar-refractivity contribution in [3.8, 4) is 0 Å². The third kappa shape index (κ3) is 3.28. The number of hydrogen-bond acceptors (Lipinski definition) is 1. The lowest BCUT2D eigenvalue weighted by Gasteiger charge is -2.13. The van der Waals surface area contributed by atoms with Crippen LogP contribution in [-0.2, 0) is 6.42 Å². The van der Waals surface area contributed by atoms with Crippen molar-refractivity contribution in [2.45, 2.75) is 27.2 Å². The zero-order valence-corrected chi connectivity index (χ0v) is 11.7. The molecule has 1 rings (SSSR count). The predicted octanol–water partition coefficient (Wildman–Crippen LogP) is 3.53. The van der Waals surface area contributed by atoms with Gasteiger partial charge in [0.2, 0.25) is 0 Å². The summed E-state index contributed by atoms with van der Waals surface area (Å²) < 4.78 is 1.15. The van der Waals surface area contributed by atoms with E-state index in [1.165, 1.54) is 16.7 Å². The second-order valence-corrected chi connectivity index (χ2v) is 5.36. The molecule has 3 heteroatoms. The van der Waals surface area contributed by atoms with Crippen molar-refractivity contribution < 1.29 is 0 Å².